The molecule has 23 heavy (non-hydrogen) atoms. The maximum atomic E-state index is 12.5. The van der Waals surface area contributed by atoms with Gasteiger partial charge in [-0.15, -0.1) is 0 Å². The van der Waals surface area contributed by atoms with Crippen LogP contribution in [0.15, 0.2) is 54.6 Å². The summed E-state index contributed by atoms with van der Waals surface area (Å²) < 4.78 is 0. The molecule has 1 aliphatic rings. The number of carbonyl (C=O) groups is 1. The van der Waals surface area contributed by atoms with E-state index in [-0.39, 0.29) is 12.1 Å². The number of nitriles is 1. The summed E-state index contributed by atoms with van der Waals surface area (Å²) in [6, 6.07) is 19.5. The fourth-order valence-corrected chi connectivity index (χ4v) is 3.02. The van der Waals surface area contributed by atoms with Crippen molar-refractivity contribution in [3.8, 4) is 6.07 Å². The molecule has 0 saturated carbocycles. The predicted molar refractivity (Wildman–Crippen MR) is 90.0 cm³/mol. The summed E-state index contributed by atoms with van der Waals surface area (Å²) in [6.45, 7) is 0.791. The molecule has 1 heterocycles. The Morgan fingerprint density at radius 3 is 2.61 bits per heavy atom. The molecule has 2 aromatic rings. The quantitative estimate of drug-likeness (QED) is 0.937. The highest BCUT2D eigenvalue weighted by Gasteiger charge is 2.28. The van der Waals surface area contributed by atoms with Gasteiger partial charge in [0.25, 0.3) is 0 Å². The summed E-state index contributed by atoms with van der Waals surface area (Å²) in [7, 11) is 0. The van der Waals surface area contributed by atoms with Crippen LogP contribution in [-0.4, -0.2) is 23.5 Å². The molecule has 1 fully saturated rings. The summed E-state index contributed by atoms with van der Waals surface area (Å²) in [4.78, 5) is 14.4. The van der Waals surface area contributed by atoms with Crippen LogP contribution in [0.3, 0.4) is 0 Å². The second-order valence-corrected chi connectivity index (χ2v) is 5.80. The van der Waals surface area contributed by atoms with Gasteiger partial charge in [0.1, 0.15) is 0 Å². The van der Waals surface area contributed by atoms with Crippen molar-refractivity contribution < 1.29 is 4.79 Å². The van der Waals surface area contributed by atoms with Crippen molar-refractivity contribution in [3.05, 3.63) is 65.7 Å². The monoisotopic (exact) mass is 305 g/mol. The van der Waals surface area contributed by atoms with Crippen LogP contribution in [0.1, 0.15) is 24.0 Å². The first kappa shape index (κ1) is 15.1. The normalized spacial score (nSPS) is 16.8. The van der Waals surface area contributed by atoms with Gasteiger partial charge in [-0.2, -0.15) is 5.26 Å². The van der Waals surface area contributed by atoms with Gasteiger partial charge >= 0.3 is 6.03 Å². The van der Waals surface area contributed by atoms with E-state index in [0.717, 1.165) is 31.5 Å². The summed E-state index contributed by atoms with van der Waals surface area (Å²) in [6.07, 6.45) is 2.97. The molecule has 116 valence electrons. The molecular weight excluding hydrogens is 286 g/mol. The summed E-state index contributed by atoms with van der Waals surface area (Å²) in [5.74, 6) is 0. The van der Waals surface area contributed by atoms with Crippen molar-refractivity contribution in [1.29, 1.82) is 5.26 Å². The zero-order valence-electron chi connectivity index (χ0n) is 12.9. The van der Waals surface area contributed by atoms with E-state index in [9.17, 15) is 4.79 Å². The number of nitrogens with zero attached hydrogens (tertiary/aromatic N) is 2. The second-order valence-electron chi connectivity index (χ2n) is 5.80. The summed E-state index contributed by atoms with van der Waals surface area (Å²) >= 11 is 0. The van der Waals surface area contributed by atoms with Crippen LogP contribution in [0.5, 0.6) is 0 Å². The molecule has 0 radical (unpaired) electrons. The summed E-state index contributed by atoms with van der Waals surface area (Å²) in [5.41, 5.74) is 2.57. The Labute approximate surface area is 136 Å². The third-order valence-corrected chi connectivity index (χ3v) is 4.22. The topological polar surface area (TPSA) is 56.1 Å². The number of carbonyl (C=O) groups excluding carboxylic acids is 1. The van der Waals surface area contributed by atoms with E-state index >= 15 is 0 Å². The van der Waals surface area contributed by atoms with Crippen molar-refractivity contribution in [3.63, 3.8) is 0 Å². The van der Waals surface area contributed by atoms with Crippen molar-refractivity contribution in [2.75, 3.05) is 11.9 Å². The Kier molecular flexibility index (Phi) is 4.58. The van der Waals surface area contributed by atoms with Crippen molar-refractivity contribution in [2.24, 2.45) is 0 Å². The molecule has 1 saturated heterocycles. The highest BCUT2D eigenvalue weighted by Crippen LogP contribution is 2.22. The lowest BCUT2D eigenvalue weighted by Crippen LogP contribution is -2.39. The molecule has 0 bridgehead atoms. The number of urea groups is 1. The SMILES string of the molecule is N#Cc1ccc(NC(=O)N2CCCC2Cc2ccccc2)cc1. The lowest BCUT2D eigenvalue weighted by atomic mass is 10.0. The van der Waals surface area contributed by atoms with Crippen LogP contribution in [0.2, 0.25) is 0 Å². The Morgan fingerprint density at radius 2 is 1.91 bits per heavy atom. The third-order valence-electron chi connectivity index (χ3n) is 4.22. The maximum absolute atomic E-state index is 12.5. The Hall–Kier alpha value is -2.80. The average molecular weight is 305 g/mol. The van der Waals surface area contributed by atoms with Crippen LogP contribution >= 0.6 is 0 Å². The van der Waals surface area contributed by atoms with Gasteiger partial charge in [0.05, 0.1) is 11.6 Å². The molecule has 0 aliphatic carbocycles. The number of anilines is 1. The summed E-state index contributed by atoms with van der Waals surface area (Å²) in [5, 5.41) is 11.7. The second kappa shape index (κ2) is 6.97. The van der Waals surface area contributed by atoms with Gasteiger partial charge in [-0.25, -0.2) is 4.79 Å². The van der Waals surface area contributed by atoms with Gasteiger partial charge < -0.3 is 10.2 Å². The Morgan fingerprint density at radius 1 is 1.17 bits per heavy atom. The minimum atomic E-state index is -0.0619. The zero-order chi connectivity index (χ0) is 16.1. The van der Waals surface area contributed by atoms with E-state index in [1.807, 2.05) is 23.1 Å². The number of hydrogen-bond donors (Lipinski definition) is 1. The first-order valence-electron chi connectivity index (χ1n) is 7.88. The Bertz CT molecular complexity index is 704. The molecule has 2 aromatic carbocycles. The van der Waals surface area contributed by atoms with Crippen LogP contribution in [0, 0.1) is 11.3 Å². The number of amides is 2. The third kappa shape index (κ3) is 3.70. The smallest absolute Gasteiger partial charge is 0.321 e. The maximum Gasteiger partial charge on any atom is 0.322 e. The van der Waals surface area contributed by atoms with Crippen molar-refractivity contribution >= 4 is 11.7 Å². The minimum Gasteiger partial charge on any atom is -0.321 e. The molecule has 0 spiro atoms. The van der Waals surface area contributed by atoms with E-state index in [2.05, 4.69) is 23.5 Å². The number of benzene rings is 2. The highest BCUT2D eigenvalue weighted by molar-refractivity contribution is 5.89. The van der Waals surface area contributed by atoms with Gasteiger partial charge in [-0.1, -0.05) is 30.3 Å². The molecule has 2 amide bonds. The van der Waals surface area contributed by atoms with Crippen LogP contribution < -0.4 is 5.32 Å². The standard InChI is InChI=1S/C19H19N3O/c20-14-16-8-10-17(11-9-16)21-19(23)22-12-4-7-18(22)13-15-5-2-1-3-6-15/h1-3,5-6,8-11,18H,4,7,12-13H2,(H,21,23). The number of likely N-dealkylation sites (tertiary alicyclic amines) is 1. The number of nitrogens with one attached hydrogen (secondary N) is 1. The van der Waals surface area contributed by atoms with Gasteiger partial charge in [0.2, 0.25) is 0 Å². The van der Waals surface area contributed by atoms with Crippen LogP contribution in [0.4, 0.5) is 10.5 Å². The lowest BCUT2D eigenvalue weighted by Gasteiger charge is -2.25. The van der Waals surface area contributed by atoms with Gasteiger partial charge in [0.15, 0.2) is 0 Å². The molecule has 1 unspecified atom stereocenters. The number of rotatable bonds is 3. The molecule has 1 atom stereocenters. The average Bonchev–Trinajstić information content (AvgIpc) is 3.05. The van der Waals surface area contributed by atoms with E-state index in [1.165, 1.54) is 5.56 Å². The van der Waals surface area contributed by atoms with E-state index in [0.29, 0.717) is 5.56 Å². The van der Waals surface area contributed by atoms with Crippen molar-refractivity contribution in [2.45, 2.75) is 25.3 Å². The molecule has 1 aliphatic heterocycles. The van der Waals surface area contributed by atoms with Crippen LogP contribution in [-0.2, 0) is 6.42 Å². The largest absolute Gasteiger partial charge is 0.322 e. The molecule has 3 rings (SSSR count). The van der Waals surface area contributed by atoms with E-state index < -0.39 is 0 Å². The molecule has 4 nitrogen and oxygen atoms in total. The molecule has 1 N–H and O–H groups in total. The van der Waals surface area contributed by atoms with E-state index in [1.54, 1.807) is 24.3 Å². The minimum absolute atomic E-state index is 0.0619. The molecule has 0 aromatic heterocycles. The first-order valence-corrected chi connectivity index (χ1v) is 7.88. The fraction of sp³-hybridized carbons (Fsp3) is 0.263. The van der Waals surface area contributed by atoms with E-state index in [4.69, 9.17) is 5.26 Å². The van der Waals surface area contributed by atoms with Crippen LogP contribution in [0.25, 0.3) is 0 Å². The van der Waals surface area contributed by atoms with Crippen molar-refractivity contribution in [1.82, 2.24) is 4.90 Å². The highest BCUT2D eigenvalue weighted by atomic mass is 16.2. The van der Waals surface area contributed by atoms with Gasteiger partial charge in [0, 0.05) is 18.3 Å². The molecule has 4 heteroatoms. The number of hydrogen-bond acceptors (Lipinski definition) is 2. The Balaban J connectivity index is 1.64. The van der Waals surface area contributed by atoms with Gasteiger partial charge in [-0.3, -0.25) is 0 Å². The first-order chi connectivity index (χ1) is 11.3. The zero-order valence-corrected chi connectivity index (χ0v) is 12.9. The fourth-order valence-electron chi connectivity index (χ4n) is 3.02. The van der Waals surface area contributed by atoms with Gasteiger partial charge in [-0.05, 0) is 49.1 Å². The predicted octanol–water partition coefficient (Wildman–Crippen LogP) is 3.80. The lowest BCUT2D eigenvalue weighted by molar-refractivity contribution is 0.206. The molecular formula is C19H19N3O.